The highest BCUT2D eigenvalue weighted by Gasteiger charge is 2.18. The number of nitrogens with zero attached hydrogens (tertiary/aromatic N) is 3. The van der Waals surface area contributed by atoms with Gasteiger partial charge in [0, 0.05) is 45.6 Å². The molecule has 7 nitrogen and oxygen atoms in total. The van der Waals surface area contributed by atoms with E-state index >= 15 is 0 Å². The van der Waals surface area contributed by atoms with Gasteiger partial charge in [-0.2, -0.15) is 0 Å². The van der Waals surface area contributed by atoms with Crippen LogP contribution < -0.4 is 5.32 Å². The molecule has 1 aromatic carbocycles. The van der Waals surface area contributed by atoms with Crippen molar-refractivity contribution in [2.24, 2.45) is 0 Å². The Bertz CT molecular complexity index is 710. The molecule has 0 aliphatic heterocycles. The van der Waals surface area contributed by atoms with Gasteiger partial charge in [0.1, 0.15) is 11.5 Å². The maximum absolute atomic E-state index is 13.1. The molecular weight excluding hydrogens is 339 g/mol. The molecule has 2 aromatic rings. The number of benzene rings is 1. The summed E-state index contributed by atoms with van der Waals surface area (Å²) in [4.78, 5) is 34.0. The molecule has 0 aliphatic carbocycles. The Morgan fingerprint density at radius 2 is 2.00 bits per heavy atom. The number of amides is 2. The van der Waals surface area contributed by atoms with Crippen molar-refractivity contribution in [2.45, 2.75) is 13.0 Å². The third-order valence-corrected chi connectivity index (χ3v) is 3.59. The smallest absolute Gasteiger partial charge is 0.274 e. The van der Waals surface area contributed by atoms with E-state index in [-0.39, 0.29) is 42.8 Å². The van der Waals surface area contributed by atoms with Gasteiger partial charge in [0.25, 0.3) is 5.91 Å². The standard InChI is InChI=1S/C18H21FN4O3/c1-26-11-9-22-17(24)6-10-23(13-14-2-4-15(19)5-3-14)18(25)16-12-20-7-8-21-16/h2-5,7-8,12H,6,9-11,13H2,1H3,(H,22,24). The van der Waals surface area contributed by atoms with Crippen LogP contribution >= 0.6 is 0 Å². The normalized spacial score (nSPS) is 10.4. The molecule has 1 heterocycles. The summed E-state index contributed by atoms with van der Waals surface area (Å²) in [5.41, 5.74) is 0.942. The first-order valence-corrected chi connectivity index (χ1v) is 8.15. The first-order valence-electron chi connectivity index (χ1n) is 8.15. The summed E-state index contributed by atoms with van der Waals surface area (Å²) in [6.45, 7) is 1.27. The fourth-order valence-electron chi connectivity index (χ4n) is 2.25. The van der Waals surface area contributed by atoms with E-state index in [1.807, 2.05) is 0 Å². The summed E-state index contributed by atoms with van der Waals surface area (Å²) in [5, 5.41) is 2.71. The molecule has 1 aromatic heterocycles. The minimum absolute atomic E-state index is 0.136. The lowest BCUT2D eigenvalue weighted by Gasteiger charge is -2.22. The highest BCUT2D eigenvalue weighted by atomic mass is 19.1. The average molecular weight is 360 g/mol. The van der Waals surface area contributed by atoms with E-state index in [4.69, 9.17) is 4.74 Å². The minimum Gasteiger partial charge on any atom is -0.383 e. The summed E-state index contributed by atoms with van der Waals surface area (Å²) in [7, 11) is 1.55. The van der Waals surface area contributed by atoms with Gasteiger partial charge in [-0.15, -0.1) is 0 Å². The van der Waals surface area contributed by atoms with Gasteiger partial charge in [-0.3, -0.25) is 14.6 Å². The number of ether oxygens (including phenoxy) is 1. The van der Waals surface area contributed by atoms with Gasteiger partial charge in [0.15, 0.2) is 0 Å². The molecule has 0 bridgehead atoms. The van der Waals surface area contributed by atoms with Crippen LogP contribution in [0.2, 0.25) is 0 Å². The Balaban J connectivity index is 2.04. The fourth-order valence-corrected chi connectivity index (χ4v) is 2.25. The topological polar surface area (TPSA) is 84.4 Å². The van der Waals surface area contributed by atoms with Gasteiger partial charge in [-0.05, 0) is 17.7 Å². The number of rotatable bonds is 9. The van der Waals surface area contributed by atoms with E-state index in [0.717, 1.165) is 5.56 Å². The molecule has 0 atom stereocenters. The summed E-state index contributed by atoms with van der Waals surface area (Å²) in [6, 6.07) is 5.87. The predicted molar refractivity (Wildman–Crippen MR) is 92.7 cm³/mol. The molecule has 0 saturated carbocycles. The quantitative estimate of drug-likeness (QED) is 0.684. The second-order valence-corrected chi connectivity index (χ2v) is 5.54. The minimum atomic E-state index is -0.349. The first-order chi connectivity index (χ1) is 12.6. The average Bonchev–Trinajstić information content (AvgIpc) is 2.67. The van der Waals surface area contributed by atoms with E-state index in [0.29, 0.717) is 13.2 Å². The zero-order chi connectivity index (χ0) is 18.8. The van der Waals surface area contributed by atoms with E-state index in [1.54, 1.807) is 19.2 Å². The van der Waals surface area contributed by atoms with Crippen LogP contribution in [0.5, 0.6) is 0 Å². The zero-order valence-electron chi connectivity index (χ0n) is 14.5. The maximum Gasteiger partial charge on any atom is 0.274 e. The maximum atomic E-state index is 13.1. The number of carbonyl (C=O) groups is 2. The van der Waals surface area contributed by atoms with Gasteiger partial charge in [0.05, 0.1) is 12.8 Å². The summed E-state index contributed by atoms with van der Waals surface area (Å²) in [5.74, 6) is -0.872. The number of hydrogen-bond donors (Lipinski definition) is 1. The predicted octanol–water partition coefficient (Wildman–Crippen LogP) is 1.41. The molecule has 0 saturated heterocycles. The number of methoxy groups -OCH3 is 1. The van der Waals surface area contributed by atoms with Gasteiger partial charge in [-0.1, -0.05) is 12.1 Å². The third-order valence-electron chi connectivity index (χ3n) is 3.59. The molecule has 1 N–H and O–H groups in total. The Morgan fingerprint density at radius 1 is 1.23 bits per heavy atom. The number of hydrogen-bond acceptors (Lipinski definition) is 5. The number of carbonyl (C=O) groups excluding carboxylic acids is 2. The van der Waals surface area contributed by atoms with Gasteiger partial charge >= 0.3 is 0 Å². The molecule has 0 aliphatic rings. The van der Waals surface area contributed by atoms with Crippen LogP contribution in [0.1, 0.15) is 22.5 Å². The molecule has 8 heteroatoms. The highest BCUT2D eigenvalue weighted by molar-refractivity contribution is 5.92. The van der Waals surface area contributed by atoms with Gasteiger partial charge < -0.3 is 15.0 Å². The van der Waals surface area contributed by atoms with Crippen LogP contribution in [-0.2, 0) is 16.1 Å². The zero-order valence-corrected chi connectivity index (χ0v) is 14.5. The molecule has 138 valence electrons. The van der Waals surface area contributed by atoms with Crippen LogP contribution in [-0.4, -0.2) is 53.5 Å². The molecule has 0 fully saturated rings. The van der Waals surface area contributed by atoms with E-state index in [9.17, 15) is 14.0 Å². The highest BCUT2D eigenvalue weighted by Crippen LogP contribution is 2.10. The third kappa shape index (κ3) is 6.21. The molecule has 26 heavy (non-hydrogen) atoms. The Morgan fingerprint density at radius 3 is 2.65 bits per heavy atom. The Hall–Kier alpha value is -2.87. The second kappa shape index (κ2) is 10.2. The van der Waals surface area contributed by atoms with Gasteiger partial charge in [0.2, 0.25) is 5.91 Å². The Labute approximate surface area is 151 Å². The molecular formula is C18H21FN4O3. The number of nitrogens with one attached hydrogen (secondary N) is 1. The van der Waals surface area contributed by atoms with Crippen LogP contribution in [0.3, 0.4) is 0 Å². The van der Waals surface area contributed by atoms with E-state index < -0.39 is 0 Å². The largest absolute Gasteiger partial charge is 0.383 e. The fraction of sp³-hybridized carbons (Fsp3) is 0.333. The van der Waals surface area contributed by atoms with Crippen molar-refractivity contribution in [1.82, 2.24) is 20.2 Å². The van der Waals surface area contributed by atoms with Crippen molar-refractivity contribution in [2.75, 3.05) is 26.8 Å². The summed E-state index contributed by atoms with van der Waals surface area (Å²) in [6.07, 6.45) is 4.42. The lowest BCUT2D eigenvalue weighted by Crippen LogP contribution is -2.36. The van der Waals surface area contributed by atoms with Crippen LogP contribution in [0, 0.1) is 5.82 Å². The molecule has 0 spiro atoms. The second-order valence-electron chi connectivity index (χ2n) is 5.54. The van der Waals surface area contributed by atoms with Crippen LogP contribution in [0.15, 0.2) is 42.9 Å². The lowest BCUT2D eigenvalue weighted by atomic mass is 10.2. The number of aromatic nitrogens is 2. The van der Waals surface area contributed by atoms with Crippen molar-refractivity contribution in [1.29, 1.82) is 0 Å². The van der Waals surface area contributed by atoms with Crippen molar-refractivity contribution in [3.63, 3.8) is 0 Å². The number of halogens is 1. The van der Waals surface area contributed by atoms with Crippen molar-refractivity contribution in [3.8, 4) is 0 Å². The SMILES string of the molecule is COCCNC(=O)CCN(Cc1ccc(F)cc1)C(=O)c1cnccn1. The van der Waals surface area contributed by atoms with Crippen LogP contribution in [0.25, 0.3) is 0 Å². The van der Waals surface area contributed by atoms with E-state index in [2.05, 4.69) is 15.3 Å². The van der Waals surface area contributed by atoms with Crippen molar-refractivity contribution in [3.05, 3.63) is 59.9 Å². The first kappa shape index (κ1) is 19.5. The summed E-state index contributed by atoms with van der Waals surface area (Å²) < 4.78 is 18.0. The molecule has 0 unspecified atom stereocenters. The molecule has 2 amide bonds. The van der Waals surface area contributed by atoms with Crippen molar-refractivity contribution >= 4 is 11.8 Å². The molecule has 2 rings (SSSR count). The van der Waals surface area contributed by atoms with Gasteiger partial charge in [-0.25, -0.2) is 9.37 Å². The molecule has 0 radical (unpaired) electrons. The summed E-state index contributed by atoms with van der Waals surface area (Å²) >= 11 is 0. The van der Waals surface area contributed by atoms with Crippen LogP contribution in [0.4, 0.5) is 4.39 Å². The van der Waals surface area contributed by atoms with Crippen molar-refractivity contribution < 1.29 is 18.7 Å². The monoisotopic (exact) mass is 360 g/mol. The van der Waals surface area contributed by atoms with E-state index in [1.165, 1.54) is 35.6 Å². The Kier molecular flexibility index (Phi) is 7.63. The lowest BCUT2D eigenvalue weighted by molar-refractivity contribution is -0.121.